The predicted molar refractivity (Wildman–Crippen MR) is 109 cm³/mol. The van der Waals surface area contributed by atoms with Gasteiger partial charge in [-0.1, -0.05) is 72.8 Å². The second-order valence-corrected chi connectivity index (χ2v) is 6.53. The van der Waals surface area contributed by atoms with Gasteiger partial charge in [-0.25, -0.2) is 0 Å². The van der Waals surface area contributed by atoms with Crippen LogP contribution in [-0.4, -0.2) is 19.6 Å². The van der Waals surface area contributed by atoms with Gasteiger partial charge in [0, 0.05) is 18.9 Å². The van der Waals surface area contributed by atoms with Crippen molar-refractivity contribution in [3.05, 3.63) is 102 Å². The minimum absolute atomic E-state index is 0.0719. The Morgan fingerprint density at radius 2 is 1.41 bits per heavy atom. The maximum Gasteiger partial charge on any atom is 0.220 e. The largest absolute Gasteiger partial charge is 0.497 e. The lowest BCUT2D eigenvalue weighted by Gasteiger charge is -2.19. The molecule has 0 bridgehead atoms. The van der Waals surface area contributed by atoms with E-state index in [0.29, 0.717) is 13.0 Å². The van der Waals surface area contributed by atoms with Gasteiger partial charge in [0.2, 0.25) is 5.91 Å². The van der Waals surface area contributed by atoms with Gasteiger partial charge in [0.05, 0.1) is 7.11 Å². The molecular weight excluding hydrogens is 334 g/mol. The van der Waals surface area contributed by atoms with E-state index in [-0.39, 0.29) is 11.8 Å². The third-order valence-electron chi connectivity index (χ3n) is 4.71. The number of rotatable bonds is 8. The van der Waals surface area contributed by atoms with E-state index >= 15 is 0 Å². The molecule has 0 spiro atoms. The lowest BCUT2D eigenvalue weighted by atomic mass is 9.91. The molecule has 3 nitrogen and oxygen atoms in total. The Balaban J connectivity index is 1.58. The van der Waals surface area contributed by atoms with Crippen molar-refractivity contribution in [1.82, 2.24) is 5.32 Å². The first kappa shape index (κ1) is 18.7. The monoisotopic (exact) mass is 359 g/mol. The maximum atomic E-state index is 12.4. The molecule has 138 valence electrons. The van der Waals surface area contributed by atoms with Gasteiger partial charge in [0.1, 0.15) is 5.75 Å². The highest BCUT2D eigenvalue weighted by atomic mass is 16.5. The summed E-state index contributed by atoms with van der Waals surface area (Å²) in [6.07, 6.45) is 1.19. The van der Waals surface area contributed by atoms with Crippen molar-refractivity contribution < 1.29 is 9.53 Å². The molecule has 0 radical (unpaired) electrons. The van der Waals surface area contributed by atoms with Crippen molar-refractivity contribution in [1.29, 1.82) is 0 Å². The Labute approximate surface area is 161 Å². The van der Waals surface area contributed by atoms with E-state index in [9.17, 15) is 4.79 Å². The summed E-state index contributed by atoms with van der Waals surface area (Å²) in [7, 11) is 1.65. The molecule has 0 aliphatic carbocycles. The number of hydrogen-bond acceptors (Lipinski definition) is 2. The third kappa shape index (κ3) is 5.45. The normalized spacial score (nSPS) is 10.6. The number of aryl methyl sites for hydroxylation is 1. The summed E-state index contributed by atoms with van der Waals surface area (Å²) in [5, 5.41) is 3.11. The fourth-order valence-electron chi connectivity index (χ4n) is 3.15. The van der Waals surface area contributed by atoms with Gasteiger partial charge in [0.15, 0.2) is 0 Å². The molecule has 0 atom stereocenters. The number of methoxy groups -OCH3 is 1. The zero-order chi connectivity index (χ0) is 18.9. The molecule has 1 amide bonds. The highest BCUT2D eigenvalue weighted by molar-refractivity contribution is 5.76. The van der Waals surface area contributed by atoms with Crippen molar-refractivity contribution in [2.45, 2.75) is 18.8 Å². The molecule has 3 aromatic carbocycles. The first-order valence-corrected chi connectivity index (χ1v) is 9.26. The average Bonchev–Trinajstić information content (AvgIpc) is 2.74. The van der Waals surface area contributed by atoms with Gasteiger partial charge in [-0.15, -0.1) is 0 Å². The van der Waals surface area contributed by atoms with E-state index in [1.54, 1.807) is 7.11 Å². The highest BCUT2D eigenvalue weighted by Gasteiger charge is 2.15. The Morgan fingerprint density at radius 1 is 0.852 bits per heavy atom. The standard InChI is InChI=1S/C24H25NO2/c1-27-22-15-12-19(13-16-22)14-17-24(26)25-18-23(20-8-4-2-5-9-20)21-10-6-3-7-11-21/h2-13,15-16,23H,14,17-18H2,1H3,(H,25,26). The summed E-state index contributed by atoms with van der Waals surface area (Å²) in [6.45, 7) is 0.593. The van der Waals surface area contributed by atoms with Crippen molar-refractivity contribution >= 4 is 5.91 Å². The van der Waals surface area contributed by atoms with Gasteiger partial charge < -0.3 is 10.1 Å². The van der Waals surface area contributed by atoms with Gasteiger partial charge >= 0.3 is 0 Å². The first-order valence-electron chi connectivity index (χ1n) is 9.26. The molecule has 0 saturated carbocycles. The molecule has 0 aliphatic rings. The molecule has 0 aliphatic heterocycles. The number of hydrogen-bond donors (Lipinski definition) is 1. The topological polar surface area (TPSA) is 38.3 Å². The Kier molecular flexibility index (Phi) is 6.64. The second kappa shape index (κ2) is 9.58. The average molecular weight is 359 g/mol. The van der Waals surface area contributed by atoms with Gasteiger partial charge in [-0.05, 0) is 35.2 Å². The van der Waals surface area contributed by atoms with Crippen molar-refractivity contribution in [3.8, 4) is 5.75 Å². The van der Waals surface area contributed by atoms with E-state index in [1.807, 2.05) is 60.7 Å². The van der Waals surface area contributed by atoms with Crippen LogP contribution in [0, 0.1) is 0 Å². The SMILES string of the molecule is COc1ccc(CCC(=O)NCC(c2ccccc2)c2ccccc2)cc1. The minimum Gasteiger partial charge on any atom is -0.497 e. The summed E-state index contributed by atoms with van der Waals surface area (Å²) in [4.78, 5) is 12.4. The molecule has 3 heteroatoms. The molecule has 3 rings (SSSR count). The molecule has 0 unspecified atom stereocenters. The van der Waals surface area contributed by atoms with Crippen LogP contribution in [0.25, 0.3) is 0 Å². The van der Waals surface area contributed by atoms with Crippen LogP contribution in [-0.2, 0) is 11.2 Å². The number of amides is 1. The molecule has 3 aromatic rings. The summed E-state index contributed by atoms with van der Waals surface area (Å²) < 4.78 is 5.16. The van der Waals surface area contributed by atoms with Crippen LogP contribution in [0.15, 0.2) is 84.9 Å². The first-order chi connectivity index (χ1) is 13.3. The summed E-state index contributed by atoms with van der Waals surface area (Å²) in [5.41, 5.74) is 3.55. The summed E-state index contributed by atoms with van der Waals surface area (Å²) >= 11 is 0. The number of carbonyl (C=O) groups excluding carboxylic acids is 1. The highest BCUT2D eigenvalue weighted by Crippen LogP contribution is 2.23. The van der Waals surface area contributed by atoms with E-state index in [1.165, 1.54) is 11.1 Å². The van der Waals surface area contributed by atoms with Crippen LogP contribution in [0.3, 0.4) is 0 Å². The van der Waals surface area contributed by atoms with E-state index in [4.69, 9.17) is 4.74 Å². The van der Waals surface area contributed by atoms with Gasteiger partial charge in [-0.3, -0.25) is 4.79 Å². The van der Waals surface area contributed by atoms with Crippen molar-refractivity contribution in [3.63, 3.8) is 0 Å². The Hall–Kier alpha value is -3.07. The van der Waals surface area contributed by atoms with Gasteiger partial charge in [-0.2, -0.15) is 0 Å². The fourth-order valence-corrected chi connectivity index (χ4v) is 3.15. The zero-order valence-electron chi connectivity index (χ0n) is 15.6. The molecule has 1 N–H and O–H groups in total. The Morgan fingerprint density at radius 3 is 1.93 bits per heavy atom. The minimum atomic E-state index is 0.0719. The van der Waals surface area contributed by atoms with Gasteiger partial charge in [0.25, 0.3) is 0 Å². The van der Waals surface area contributed by atoms with Crippen LogP contribution in [0.1, 0.15) is 29.0 Å². The third-order valence-corrected chi connectivity index (χ3v) is 4.71. The van der Waals surface area contributed by atoms with Crippen LogP contribution < -0.4 is 10.1 Å². The Bertz CT molecular complexity index is 790. The number of nitrogens with one attached hydrogen (secondary N) is 1. The molecule has 0 aromatic heterocycles. The molecular formula is C24H25NO2. The van der Waals surface area contributed by atoms with Crippen molar-refractivity contribution in [2.24, 2.45) is 0 Å². The molecule has 0 heterocycles. The molecule has 0 fully saturated rings. The van der Waals surface area contributed by atoms with Crippen molar-refractivity contribution in [2.75, 3.05) is 13.7 Å². The fraction of sp³-hybridized carbons (Fsp3) is 0.208. The smallest absolute Gasteiger partial charge is 0.220 e. The molecule has 27 heavy (non-hydrogen) atoms. The zero-order valence-corrected chi connectivity index (χ0v) is 15.6. The van der Waals surface area contributed by atoms with E-state index in [0.717, 1.165) is 17.7 Å². The summed E-state index contributed by atoms with van der Waals surface area (Å²) in [5.74, 6) is 1.05. The van der Waals surface area contributed by atoms with E-state index in [2.05, 4.69) is 29.6 Å². The summed E-state index contributed by atoms with van der Waals surface area (Å²) in [6, 6.07) is 28.5. The second-order valence-electron chi connectivity index (χ2n) is 6.53. The number of carbonyl (C=O) groups is 1. The maximum absolute atomic E-state index is 12.4. The lowest BCUT2D eigenvalue weighted by molar-refractivity contribution is -0.121. The lowest BCUT2D eigenvalue weighted by Crippen LogP contribution is -2.29. The number of benzene rings is 3. The number of ether oxygens (including phenoxy) is 1. The van der Waals surface area contributed by atoms with Crippen LogP contribution >= 0.6 is 0 Å². The van der Waals surface area contributed by atoms with Crippen LogP contribution in [0.4, 0.5) is 0 Å². The van der Waals surface area contributed by atoms with Crippen LogP contribution in [0.2, 0.25) is 0 Å². The quantitative estimate of drug-likeness (QED) is 0.639. The molecule has 0 saturated heterocycles. The van der Waals surface area contributed by atoms with Crippen LogP contribution in [0.5, 0.6) is 5.75 Å². The van der Waals surface area contributed by atoms with E-state index < -0.39 is 0 Å². The predicted octanol–water partition coefficient (Wildman–Crippen LogP) is 4.58.